The lowest BCUT2D eigenvalue weighted by Crippen LogP contribution is -2.59. The molecule has 10 nitrogen and oxygen atoms in total. The number of benzene rings is 2. The summed E-state index contributed by atoms with van der Waals surface area (Å²) in [6, 6.07) is 19.4. The zero-order chi connectivity index (χ0) is 30.0. The van der Waals surface area contributed by atoms with Crippen molar-refractivity contribution in [2.24, 2.45) is 5.92 Å². The van der Waals surface area contributed by atoms with Gasteiger partial charge in [0.1, 0.15) is 5.54 Å². The van der Waals surface area contributed by atoms with Gasteiger partial charge in [-0.3, -0.25) is 9.78 Å². The Morgan fingerprint density at radius 2 is 1.63 bits per heavy atom. The van der Waals surface area contributed by atoms with Gasteiger partial charge < -0.3 is 20.5 Å². The lowest BCUT2D eigenvalue weighted by molar-refractivity contribution is -0.117. The summed E-state index contributed by atoms with van der Waals surface area (Å²) >= 11 is 0. The number of carboxylic acid groups (broad SMARTS) is 1. The van der Waals surface area contributed by atoms with Crippen LogP contribution in [0.15, 0.2) is 66.9 Å². The van der Waals surface area contributed by atoms with Crippen LogP contribution in [-0.2, 0) is 25.1 Å². The molecule has 2 aliphatic carbocycles. The van der Waals surface area contributed by atoms with E-state index in [1.54, 1.807) is 6.20 Å². The molecule has 0 bridgehead atoms. The van der Waals surface area contributed by atoms with E-state index in [1.165, 1.54) is 0 Å². The number of hydrogen-bond acceptors (Lipinski definition) is 6. The number of hydrogen-bond donors (Lipinski definition) is 4. The van der Waals surface area contributed by atoms with Gasteiger partial charge >= 0.3 is 6.09 Å². The Hall–Kier alpha value is -3.80. The largest absolute Gasteiger partial charge is 0.465 e. The molecule has 1 aliphatic heterocycles. The summed E-state index contributed by atoms with van der Waals surface area (Å²) in [5, 5.41) is 14.7. The van der Waals surface area contributed by atoms with Crippen LogP contribution >= 0.6 is 0 Å². The highest BCUT2D eigenvalue weighted by Crippen LogP contribution is 2.36. The topological polar surface area (TPSA) is 147 Å². The molecule has 3 aromatic rings. The quantitative estimate of drug-likeness (QED) is 0.258. The van der Waals surface area contributed by atoms with Gasteiger partial charge in [0.05, 0.1) is 36.0 Å². The van der Waals surface area contributed by atoms with Crippen LogP contribution < -0.4 is 15.4 Å². The molecule has 11 heteroatoms. The van der Waals surface area contributed by atoms with Crippen LogP contribution in [0.3, 0.4) is 0 Å². The van der Waals surface area contributed by atoms with E-state index in [-0.39, 0.29) is 36.3 Å². The van der Waals surface area contributed by atoms with Crippen LogP contribution in [0.4, 0.5) is 10.5 Å². The third kappa shape index (κ3) is 6.74. The standard InChI is InChI=1S/C32H36N4O6S/c37-29(16-21-6-12-25(13-7-21)36-43(40,41)27-14-15-27)34-26-17-28(22-4-2-1-3-5-22)30(33-18-26)23-8-10-24(11-9-23)32(19-42-20-32)35-31(38)39/h1-5,8-11,17-18,21,25,27,35-36H,6-7,12-16,19-20H2,(H,34,37)(H,38,39). The van der Waals surface area contributed by atoms with Gasteiger partial charge in [0.2, 0.25) is 15.9 Å². The Labute approximate surface area is 251 Å². The van der Waals surface area contributed by atoms with Crippen LogP contribution in [0, 0.1) is 5.92 Å². The van der Waals surface area contributed by atoms with Gasteiger partial charge in [-0.1, -0.05) is 54.6 Å². The van der Waals surface area contributed by atoms with Gasteiger partial charge in [-0.2, -0.15) is 0 Å². The molecular formula is C32H36N4O6S. The van der Waals surface area contributed by atoms with E-state index in [2.05, 4.69) is 15.4 Å². The van der Waals surface area contributed by atoms with Gasteiger partial charge in [0.15, 0.2) is 0 Å². The first kappa shape index (κ1) is 29.3. The third-order valence-electron chi connectivity index (χ3n) is 8.63. The predicted octanol–water partition coefficient (Wildman–Crippen LogP) is 4.88. The van der Waals surface area contributed by atoms with Crippen molar-refractivity contribution in [1.82, 2.24) is 15.0 Å². The monoisotopic (exact) mass is 604 g/mol. The zero-order valence-corrected chi connectivity index (χ0v) is 24.6. The number of sulfonamides is 1. The van der Waals surface area contributed by atoms with E-state index in [1.807, 2.05) is 60.7 Å². The predicted molar refractivity (Wildman–Crippen MR) is 163 cm³/mol. The number of aromatic nitrogens is 1. The lowest BCUT2D eigenvalue weighted by atomic mass is 9.84. The van der Waals surface area contributed by atoms with Crippen LogP contribution in [0.25, 0.3) is 22.4 Å². The minimum Gasteiger partial charge on any atom is -0.465 e. The first-order valence-corrected chi connectivity index (χ1v) is 16.3. The average Bonchev–Trinajstić information content (AvgIpc) is 3.83. The summed E-state index contributed by atoms with van der Waals surface area (Å²) in [4.78, 5) is 29.1. The molecule has 2 aromatic carbocycles. The molecule has 2 amide bonds. The average molecular weight is 605 g/mol. The van der Waals surface area contributed by atoms with E-state index < -0.39 is 21.7 Å². The fourth-order valence-electron chi connectivity index (χ4n) is 6.04. The second-order valence-electron chi connectivity index (χ2n) is 11.9. The first-order valence-electron chi connectivity index (χ1n) is 14.8. The summed E-state index contributed by atoms with van der Waals surface area (Å²) in [6.07, 6.45) is 5.55. The highest BCUT2D eigenvalue weighted by molar-refractivity contribution is 7.90. The van der Waals surface area contributed by atoms with Crippen molar-refractivity contribution in [2.45, 2.75) is 61.8 Å². The van der Waals surface area contributed by atoms with Crippen molar-refractivity contribution >= 4 is 27.7 Å². The Morgan fingerprint density at radius 3 is 2.23 bits per heavy atom. The number of carbonyl (C=O) groups is 2. The van der Waals surface area contributed by atoms with Crippen molar-refractivity contribution in [1.29, 1.82) is 0 Å². The number of rotatable bonds is 10. The minimum absolute atomic E-state index is 0.0369. The van der Waals surface area contributed by atoms with Crippen molar-refractivity contribution in [3.63, 3.8) is 0 Å². The van der Waals surface area contributed by atoms with E-state index in [0.717, 1.165) is 66.5 Å². The molecule has 0 unspecified atom stereocenters. The van der Waals surface area contributed by atoms with Gasteiger partial charge in [-0.05, 0) is 61.6 Å². The molecule has 226 valence electrons. The molecule has 2 heterocycles. The van der Waals surface area contributed by atoms with Crippen LogP contribution in [0.2, 0.25) is 0 Å². The summed E-state index contributed by atoms with van der Waals surface area (Å²) in [6.45, 7) is 0.558. The van der Waals surface area contributed by atoms with Crippen molar-refractivity contribution in [3.05, 3.63) is 72.4 Å². The van der Waals surface area contributed by atoms with Crippen LogP contribution in [0.5, 0.6) is 0 Å². The first-order chi connectivity index (χ1) is 20.7. The summed E-state index contributed by atoms with van der Waals surface area (Å²) < 4.78 is 32.7. The second-order valence-corrected chi connectivity index (χ2v) is 13.9. The molecule has 6 rings (SSSR count). The summed E-state index contributed by atoms with van der Waals surface area (Å²) in [5.41, 5.74) is 4.09. The maximum Gasteiger partial charge on any atom is 0.405 e. The lowest BCUT2D eigenvalue weighted by Gasteiger charge is -2.41. The number of anilines is 1. The SMILES string of the molecule is O=C(O)NC1(c2ccc(-c3ncc(NC(=O)CC4CCC(NS(=O)(=O)C5CC5)CC4)cc3-c3ccccc3)cc2)COC1. The molecule has 2 saturated carbocycles. The number of amides is 2. The third-order valence-corrected chi connectivity index (χ3v) is 10.6. The highest BCUT2D eigenvalue weighted by Gasteiger charge is 2.42. The molecule has 3 fully saturated rings. The van der Waals surface area contributed by atoms with Gasteiger partial charge in [-0.15, -0.1) is 0 Å². The fourth-order valence-corrected chi connectivity index (χ4v) is 7.68. The smallest absolute Gasteiger partial charge is 0.405 e. The molecule has 1 aromatic heterocycles. The van der Waals surface area contributed by atoms with Gasteiger partial charge in [0.25, 0.3) is 0 Å². The Kier molecular flexibility index (Phi) is 8.21. The summed E-state index contributed by atoms with van der Waals surface area (Å²) in [7, 11) is -3.20. The van der Waals surface area contributed by atoms with E-state index in [4.69, 9.17) is 9.72 Å². The molecule has 0 spiro atoms. The number of carbonyl (C=O) groups excluding carboxylic acids is 1. The Balaban J connectivity index is 1.14. The highest BCUT2D eigenvalue weighted by atomic mass is 32.2. The van der Waals surface area contributed by atoms with Crippen molar-refractivity contribution in [3.8, 4) is 22.4 Å². The maximum atomic E-state index is 13.0. The Bertz CT molecular complexity index is 1580. The maximum absolute atomic E-state index is 13.0. The molecule has 0 atom stereocenters. The molecular weight excluding hydrogens is 568 g/mol. The van der Waals surface area contributed by atoms with E-state index in [0.29, 0.717) is 12.1 Å². The summed E-state index contributed by atoms with van der Waals surface area (Å²) in [5.74, 6) is 0.125. The minimum atomic E-state index is -3.20. The number of nitrogens with one attached hydrogen (secondary N) is 3. The zero-order valence-electron chi connectivity index (χ0n) is 23.8. The van der Waals surface area contributed by atoms with Crippen LogP contribution in [0.1, 0.15) is 50.5 Å². The van der Waals surface area contributed by atoms with Gasteiger partial charge in [-0.25, -0.2) is 17.9 Å². The molecule has 1 saturated heterocycles. The second kappa shape index (κ2) is 12.1. The number of ether oxygens (including phenoxy) is 1. The number of pyridine rings is 1. The molecule has 43 heavy (non-hydrogen) atoms. The van der Waals surface area contributed by atoms with Crippen molar-refractivity contribution < 1.29 is 27.9 Å². The Morgan fingerprint density at radius 1 is 0.930 bits per heavy atom. The molecule has 3 aliphatic rings. The van der Waals surface area contributed by atoms with Crippen molar-refractivity contribution in [2.75, 3.05) is 18.5 Å². The van der Waals surface area contributed by atoms with E-state index in [9.17, 15) is 23.1 Å². The van der Waals surface area contributed by atoms with Crippen LogP contribution in [-0.4, -0.2) is 55.0 Å². The number of nitrogens with zero attached hydrogens (tertiary/aromatic N) is 1. The van der Waals surface area contributed by atoms with E-state index >= 15 is 0 Å². The molecule has 4 N–H and O–H groups in total. The van der Waals surface area contributed by atoms with Gasteiger partial charge in [0, 0.05) is 23.6 Å². The normalized spacial score (nSPS) is 21.4. The molecule has 0 radical (unpaired) electrons. The fraction of sp³-hybridized carbons (Fsp3) is 0.406.